The molecule has 2 aliphatic rings. The van der Waals surface area contributed by atoms with E-state index in [4.69, 9.17) is 26.8 Å². The summed E-state index contributed by atoms with van der Waals surface area (Å²) in [4.78, 5) is 20.8. The predicted molar refractivity (Wildman–Crippen MR) is 106 cm³/mol. The first kappa shape index (κ1) is 19.4. The SMILES string of the molecule is C[C@]1(c2cc(NC(=O)c3ccc(Cl)cn3)ccc2F)N=C(N)OC2=C1COCC2. The van der Waals surface area contributed by atoms with Gasteiger partial charge in [-0.2, -0.15) is 0 Å². The molecule has 2 aliphatic heterocycles. The third-order valence-corrected chi connectivity index (χ3v) is 5.14. The summed E-state index contributed by atoms with van der Waals surface area (Å²) in [7, 11) is 0. The largest absolute Gasteiger partial charge is 0.431 e. The van der Waals surface area contributed by atoms with Gasteiger partial charge < -0.3 is 20.5 Å². The second-order valence-corrected chi connectivity index (χ2v) is 7.28. The molecule has 1 atom stereocenters. The fraction of sp³-hybridized carbons (Fsp3) is 0.250. The Kier molecular flexibility index (Phi) is 4.97. The van der Waals surface area contributed by atoms with Gasteiger partial charge in [0, 0.05) is 29.4 Å². The van der Waals surface area contributed by atoms with Gasteiger partial charge in [0.15, 0.2) is 0 Å². The van der Waals surface area contributed by atoms with E-state index in [1.807, 2.05) is 0 Å². The zero-order valence-electron chi connectivity index (χ0n) is 15.5. The Balaban J connectivity index is 1.69. The van der Waals surface area contributed by atoms with Crippen molar-refractivity contribution in [3.63, 3.8) is 0 Å². The highest BCUT2D eigenvalue weighted by molar-refractivity contribution is 6.30. The minimum atomic E-state index is -1.11. The van der Waals surface area contributed by atoms with Crippen molar-refractivity contribution < 1.29 is 18.7 Å². The first-order valence-electron chi connectivity index (χ1n) is 8.93. The molecular weight excluding hydrogens is 399 g/mol. The highest BCUT2D eigenvalue weighted by Crippen LogP contribution is 2.42. The van der Waals surface area contributed by atoms with Crippen molar-refractivity contribution in [3.8, 4) is 0 Å². The number of hydrogen-bond donors (Lipinski definition) is 2. The molecule has 0 aliphatic carbocycles. The van der Waals surface area contributed by atoms with E-state index in [9.17, 15) is 9.18 Å². The van der Waals surface area contributed by atoms with Crippen LogP contribution < -0.4 is 11.1 Å². The van der Waals surface area contributed by atoms with Gasteiger partial charge in [-0.3, -0.25) is 4.79 Å². The number of halogens is 2. The van der Waals surface area contributed by atoms with Crippen LogP contribution in [0, 0.1) is 5.82 Å². The van der Waals surface area contributed by atoms with Crippen LogP contribution in [0.5, 0.6) is 0 Å². The molecule has 7 nitrogen and oxygen atoms in total. The normalized spacial score (nSPS) is 21.1. The fourth-order valence-electron chi connectivity index (χ4n) is 3.44. The highest BCUT2D eigenvalue weighted by Gasteiger charge is 2.41. The van der Waals surface area contributed by atoms with Gasteiger partial charge in [0.25, 0.3) is 11.9 Å². The summed E-state index contributed by atoms with van der Waals surface area (Å²) in [6.45, 7) is 2.50. The van der Waals surface area contributed by atoms with Gasteiger partial charge in [0.1, 0.15) is 22.8 Å². The molecule has 0 saturated carbocycles. The van der Waals surface area contributed by atoms with E-state index >= 15 is 0 Å². The van der Waals surface area contributed by atoms with Gasteiger partial charge in [-0.25, -0.2) is 14.4 Å². The van der Waals surface area contributed by atoms with Crippen molar-refractivity contribution in [3.05, 3.63) is 70.0 Å². The molecule has 1 amide bonds. The van der Waals surface area contributed by atoms with Crippen molar-refractivity contribution >= 4 is 29.2 Å². The first-order chi connectivity index (χ1) is 13.9. The van der Waals surface area contributed by atoms with E-state index < -0.39 is 17.3 Å². The number of carbonyl (C=O) groups is 1. The standard InChI is InChI=1S/C20H18ClFN4O3/c1-20(14-10-28-7-6-17(14)29-19(23)26-20)13-8-12(3-4-15(13)22)25-18(27)16-5-2-11(21)9-24-16/h2-5,8-9H,6-7,10H2,1H3,(H2,23,26)(H,25,27)/t20-/m1/s1. The Morgan fingerprint density at radius 1 is 1.34 bits per heavy atom. The summed E-state index contributed by atoms with van der Waals surface area (Å²) >= 11 is 5.80. The molecule has 29 heavy (non-hydrogen) atoms. The predicted octanol–water partition coefficient (Wildman–Crippen LogP) is 3.36. The lowest BCUT2D eigenvalue weighted by Gasteiger charge is -2.36. The van der Waals surface area contributed by atoms with Crippen LogP contribution in [0.3, 0.4) is 0 Å². The van der Waals surface area contributed by atoms with Gasteiger partial charge >= 0.3 is 0 Å². The maximum Gasteiger partial charge on any atom is 0.288 e. The second-order valence-electron chi connectivity index (χ2n) is 6.84. The Bertz CT molecular complexity index is 1040. The molecule has 3 N–H and O–H groups in total. The average molecular weight is 417 g/mol. The van der Waals surface area contributed by atoms with Crippen LogP contribution in [0.2, 0.25) is 5.02 Å². The van der Waals surface area contributed by atoms with Crippen LogP contribution in [-0.4, -0.2) is 30.1 Å². The fourth-order valence-corrected chi connectivity index (χ4v) is 3.55. The highest BCUT2D eigenvalue weighted by atomic mass is 35.5. The maximum atomic E-state index is 14.8. The lowest BCUT2D eigenvalue weighted by atomic mass is 9.82. The van der Waals surface area contributed by atoms with E-state index in [0.717, 1.165) is 0 Å². The monoisotopic (exact) mass is 416 g/mol. The second kappa shape index (κ2) is 7.46. The summed E-state index contributed by atoms with van der Waals surface area (Å²) in [6, 6.07) is 7.31. The molecule has 4 rings (SSSR count). The molecule has 0 bridgehead atoms. The van der Waals surface area contributed by atoms with Crippen molar-refractivity contribution in [2.75, 3.05) is 18.5 Å². The number of amidine groups is 1. The number of rotatable bonds is 3. The summed E-state index contributed by atoms with van der Waals surface area (Å²) in [5, 5.41) is 3.14. The summed E-state index contributed by atoms with van der Waals surface area (Å²) in [6.07, 6.45) is 1.91. The van der Waals surface area contributed by atoms with E-state index in [1.165, 1.54) is 30.5 Å². The number of nitrogens with two attached hydrogens (primary N) is 1. The number of aromatic nitrogens is 1. The number of amides is 1. The molecule has 2 aromatic rings. The Morgan fingerprint density at radius 2 is 2.17 bits per heavy atom. The van der Waals surface area contributed by atoms with Crippen LogP contribution in [0.25, 0.3) is 0 Å². The van der Waals surface area contributed by atoms with E-state index in [2.05, 4.69) is 15.3 Å². The molecule has 9 heteroatoms. The molecule has 0 saturated heterocycles. The van der Waals surface area contributed by atoms with Gasteiger partial charge in [-0.1, -0.05) is 11.6 Å². The third kappa shape index (κ3) is 3.68. The number of hydrogen-bond acceptors (Lipinski definition) is 6. The van der Waals surface area contributed by atoms with Crippen LogP contribution in [0.1, 0.15) is 29.4 Å². The van der Waals surface area contributed by atoms with Crippen molar-refractivity contribution in [2.45, 2.75) is 18.9 Å². The molecule has 3 heterocycles. The number of carbonyl (C=O) groups excluding carboxylic acids is 1. The lowest BCUT2D eigenvalue weighted by Crippen LogP contribution is -2.38. The van der Waals surface area contributed by atoms with Crippen molar-refractivity contribution in [1.82, 2.24) is 4.98 Å². The van der Waals surface area contributed by atoms with E-state index in [-0.39, 0.29) is 23.9 Å². The smallest absolute Gasteiger partial charge is 0.288 e. The number of aliphatic imine (C=N–C) groups is 1. The summed E-state index contributed by atoms with van der Waals surface area (Å²) < 4.78 is 25.9. The molecule has 1 aromatic carbocycles. The minimum absolute atomic E-state index is 0.0349. The Hall–Kier alpha value is -2.97. The molecule has 0 radical (unpaired) electrons. The molecule has 0 unspecified atom stereocenters. The van der Waals surface area contributed by atoms with Crippen LogP contribution in [0.15, 0.2) is 52.9 Å². The Labute approximate surface area is 171 Å². The summed E-state index contributed by atoms with van der Waals surface area (Å²) in [5.74, 6) is -0.281. The van der Waals surface area contributed by atoms with Crippen LogP contribution >= 0.6 is 11.6 Å². The van der Waals surface area contributed by atoms with Crippen molar-refractivity contribution in [2.24, 2.45) is 10.7 Å². The van der Waals surface area contributed by atoms with Gasteiger partial charge in [0.05, 0.1) is 18.2 Å². The van der Waals surface area contributed by atoms with Gasteiger partial charge in [0.2, 0.25) is 0 Å². The van der Waals surface area contributed by atoms with Crippen LogP contribution in [-0.2, 0) is 15.0 Å². The number of benzene rings is 1. The number of nitrogens with one attached hydrogen (secondary N) is 1. The van der Waals surface area contributed by atoms with E-state index in [0.29, 0.717) is 35.1 Å². The third-order valence-electron chi connectivity index (χ3n) is 4.91. The molecule has 0 fully saturated rings. The molecule has 1 aromatic heterocycles. The van der Waals surface area contributed by atoms with Gasteiger partial charge in [-0.05, 0) is 37.3 Å². The topological polar surface area (TPSA) is 98.8 Å². The maximum absolute atomic E-state index is 14.8. The quantitative estimate of drug-likeness (QED) is 0.799. The first-order valence-corrected chi connectivity index (χ1v) is 9.31. The van der Waals surface area contributed by atoms with E-state index in [1.54, 1.807) is 13.0 Å². The van der Waals surface area contributed by atoms with Crippen LogP contribution in [0.4, 0.5) is 10.1 Å². The zero-order valence-corrected chi connectivity index (χ0v) is 16.3. The number of anilines is 1. The number of ether oxygens (including phenoxy) is 2. The molecule has 0 spiro atoms. The van der Waals surface area contributed by atoms with Gasteiger partial charge in [-0.15, -0.1) is 0 Å². The summed E-state index contributed by atoms with van der Waals surface area (Å²) in [5.41, 5.74) is 6.28. The molecule has 150 valence electrons. The number of nitrogens with zero attached hydrogens (tertiary/aromatic N) is 2. The number of pyridine rings is 1. The minimum Gasteiger partial charge on any atom is -0.431 e. The van der Waals surface area contributed by atoms with Crippen molar-refractivity contribution in [1.29, 1.82) is 0 Å². The zero-order chi connectivity index (χ0) is 20.6. The average Bonchev–Trinajstić information content (AvgIpc) is 2.69. The molecular formula is C20H18ClFN4O3. The lowest BCUT2D eigenvalue weighted by molar-refractivity contribution is 0.102. The Morgan fingerprint density at radius 3 is 2.93 bits per heavy atom.